The van der Waals surface area contributed by atoms with Crippen LogP contribution in [0, 0.1) is 11.3 Å². The van der Waals surface area contributed by atoms with Crippen molar-refractivity contribution in [2.24, 2.45) is 0 Å². The van der Waals surface area contributed by atoms with E-state index in [4.69, 9.17) is 10.00 Å². The molecule has 0 aliphatic rings. The van der Waals surface area contributed by atoms with Crippen molar-refractivity contribution < 1.29 is 4.74 Å². The van der Waals surface area contributed by atoms with E-state index in [9.17, 15) is 0 Å². The van der Waals surface area contributed by atoms with Crippen molar-refractivity contribution in [2.75, 3.05) is 26.7 Å². The van der Waals surface area contributed by atoms with E-state index in [1.54, 1.807) is 7.11 Å². The van der Waals surface area contributed by atoms with E-state index in [1.165, 1.54) is 0 Å². The first kappa shape index (κ1) is 13.4. The predicted molar refractivity (Wildman–Crippen MR) is 58.0 cm³/mol. The monoisotopic (exact) mass is 198 g/mol. The minimum atomic E-state index is -0.0819. The molecule has 3 heteroatoms. The predicted octanol–water partition coefficient (Wildman–Crippen LogP) is 2.04. The second-order valence-electron chi connectivity index (χ2n) is 4.15. The Hall–Kier alpha value is -0.590. The topological polar surface area (TPSA) is 36.3 Å². The van der Waals surface area contributed by atoms with Gasteiger partial charge < -0.3 is 4.74 Å². The third-order valence-corrected chi connectivity index (χ3v) is 2.42. The van der Waals surface area contributed by atoms with Gasteiger partial charge in [-0.05, 0) is 33.2 Å². The lowest BCUT2D eigenvalue weighted by Crippen LogP contribution is -2.33. The van der Waals surface area contributed by atoms with Gasteiger partial charge in [0.05, 0.1) is 18.2 Å². The molecule has 14 heavy (non-hydrogen) atoms. The second-order valence-corrected chi connectivity index (χ2v) is 4.15. The Morgan fingerprint density at radius 1 is 1.36 bits per heavy atom. The minimum Gasteiger partial charge on any atom is -0.379 e. The minimum absolute atomic E-state index is 0.0819. The Bertz CT molecular complexity index is 184. The highest BCUT2D eigenvalue weighted by Gasteiger charge is 2.17. The summed E-state index contributed by atoms with van der Waals surface area (Å²) >= 11 is 0. The fourth-order valence-electron chi connectivity index (χ4n) is 1.22. The molecule has 0 bridgehead atoms. The number of nitriles is 1. The molecule has 0 aliphatic heterocycles. The maximum Gasteiger partial charge on any atom is 0.0866 e. The third-order valence-electron chi connectivity index (χ3n) is 2.42. The third kappa shape index (κ3) is 5.95. The molecule has 0 aromatic carbocycles. The lowest BCUT2D eigenvalue weighted by Gasteiger charge is -2.26. The van der Waals surface area contributed by atoms with Gasteiger partial charge in [0.25, 0.3) is 0 Å². The van der Waals surface area contributed by atoms with Gasteiger partial charge in [-0.3, -0.25) is 4.90 Å². The smallest absolute Gasteiger partial charge is 0.0866 e. The molecule has 0 N–H and O–H groups in total. The summed E-state index contributed by atoms with van der Waals surface area (Å²) in [5.41, 5.74) is -0.0819. The first-order valence-electron chi connectivity index (χ1n) is 5.20. The van der Waals surface area contributed by atoms with Crippen molar-refractivity contribution in [1.29, 1.82) is 5.26 Å². The molecule has 0 saturated carbocycles. The van der Waals surface area contributed by atoms with Crippen LogP contribution in [0.5, 0.6) is 0 Å². The SMILES string of the molecule is CCCN(CC#N)CCC(C)(C)OC. The maximum absolute atomic E-state index is 8.63. The Balaban J connectivity index is 3.87. The molecule has 3 nitrogen and oxygen atoms in total. The number of nitrogens with zero attached hydrogens (tertiary/aromatic N) is 2. The summed E-state index contributed by atoms with van der Waals surface area (Å²) in [7, 11) is 1.73. The molecular formula is C11H22N2O. The van der Waals surface area contributed by atoms with Crippen molar-refractivity contribution in [2.45, 2.75) is 39.2 Å². The average Bonchev–Trinajstić information content (AvgIpc) is 2.15. The summed E-state index contributed by atoms with van der Waals surface area (Å²) in [5.74, 6) is 0. The first-order chi connectivity index (χ1) is 6.55. The Kier molecular flexibility index (Phi) is 6.52. The molecule has 0 spiro atoms. The molecule has 0 aromatic heterocycles. The highest BCUT2D eigenvalue weighted by Crippen LogP contribution is 2.13. The molecular weight excluding hydrogens is 176 g/mol. The molecule has 0 saturated heterocycles. The van der Waals surface area contributed by atoms with E-state index in [1.807, 2.05) is 0 Å². The van der Waals surface area contributed by atoms with Crippen LogP contribution in [0.25, 0.3) is 0 Å². The van der Waals surface area contributed by atoms with Crippen LogP contribution < -0.4 is 0 Å². The van der Waals surface area contributed by atoms with E-state index < -0.39 is 0 Å². The molecule has 82 valence electrons. The Labute approximate surface area is 87.7 Å². The van der Waals surface area contributed by atoms with Gasteiger partial charge in [0.2, 0.25) is 0 Å². The molecule has 0 radical (unpaired) electrons. The van der Waals surface area contributed by atoms with Crippen LogP contribution >= 0.6 is 0 Å². The van der Waals surface area contributed by atoms with Crippen molar-refractivity contribution in [3.8, 4) is 6.07 Å². The highest BCUT2D eigenvalue weighted by atomic mass is 16.5. The van der Waals surface area contributed by atoms with Gasteiger partial charge >= 0.3 is 0 Å². The summed E-state index contributed by atoms with van der Waals surface area (Å²) in [5, 5.41) is 8.63. The van der Waals surface area contributed by atoms with E-state index in [0.29, 0.717) is 6.54 Å². The van der Waals surface area contributed by atoms with E-state index in [2.05, 4.69) is 31.7 Å². The van der Waals surface area contributed by atoms with Crippen LogP contribution in [0.15, 0.2) is 0 Å². The van der Waals surface area contributed by atoms with Crippen molar-refractivity contribution >= 4 is 0 Å². The molecule has 0 rings (SSSR count). The maximum atomic E-state index is 8.63. The molecule has 0 unspecified atom stereocenters. The lowest BCUT2D eigenvalue weighted by atomic mass is 10.1. The average molecular weight is 198 g/mol. The number of methoxy groups -OCH3 is 1. The fraction of sp³-hybridized carbons (Fsp3) is 0.909. The lowest BCUT2D eigenvalue weighted by molar-refractivity contribution is 0.00831. The Morgan fingerprint density at radius 2 is 2.00 bits per heavy atom. The summed E-state index contributed by atoms with van der Waals surface area (Å²) in [6.45, 7) is 8.72. The summed E-state index contributed by atoms with van der Waals surface area (Å²) < 4.78 is 5.33. The van der Waals surface area contributed by atoms with Crippen LogP contribution in [0.1, 0.15) is 33.6 Å². The summed E-state index contributed by atoms with van der Waals surface area (Å²) in [6, 6.07) is 2.19. The van der Waals surface area contributed by atoms with Crippen molar-refractivity contribution in [3.63, 3.8) is 0 Å². The number of rotatable bonds is 7. The molecule has 0 aromatic rings. The molecule has 0 aliphatic carbocycles. The summed E-state index contributed by atoms with van der Waals surface area (Å²) in [4.78, 5) is 2.17. The van der Waals surface area contributed by atoms with Gasteiger partial charge in [-0.2, -0.15) is 5.26 Å². The normalized spacial score (nSPS) is 11.7. The molecule has 0 fully saturated rings. The zero-order valence-electron chi connectivity index (χ0n) is 9.84. The van der Waals surface area contributed by atoms with Gasteiger partial charge in [0, 0.05) is 13.7 Å². The van der Waals surface area contributed by atoms with Gasteiger partial charge in [0.15, 0.2) is 0 Å². The van der Waals surface area contributed by atoms with Gasteiger partial charge in [0.1, 0.15) is 0 Å². The molecule has 0 heterocycles. The zero-order valence-corrected chi connectivity index (χ0v) is 9.84. The van der Waals surface area contributed by atoms with Crippen molar-refractivity contribution in [3.05, 3.63) is 0 Å². The summed E-state index contributed by atoms with van der Waals surface area (Å²) in [6.07, 6.45) is 2.06. The van der Waals surface area contributed by atoms with Crippen molar-refractivity contribution in [1.82, 2.24) is 4.90 Å². The number of hydrogen-bond acceptors (Lipinski definition) is 3. The van der Waals surface area contributed by atoms with Crippen LogP contribution in [0.3, 0.4) is 0 Å². The largest absolute Gasteiger partial charge is 0.379 e. The quantitative estimate of drug-likeness (QED) is 0.587. The second kappa shape index (κ2) is 6.80. The standard InChI is InChI=1S/C11H22N2O/c1-5-8-13(10-7-12)9-6-11(2,3)14-4/h5-6,8-10H2,1-4H3. The van der Waals surface area contributed by atoms with Gasteiger partial charge in [-0.25, -0.2) is 0 Å². The molecule has 0 atom stereocenters. The van der Waals surface area contributed by atoms with Gasteiger partial charge in [-0.15, -0.1) is 0 Å². The first-order valence-corrected chi connectivity index (χ1v) is 5.20. The van der Waals surface area contributed by atoms with Crippen LogP contribution in [0.2, 0.25) is 0 Å². The van der Waals surface area contributed by atoms with E-state index >= 15 is 0 Å². The van der Waals surface area contributed by atoms with E-state index in [0.717, 1.165) is 25.9 Å². The fourth-order valence-corrected chi connectivity index (χ4v) is 1.22. The van der Waals surface area contributed by atoms with Crippen LogP contribution in [0.4, 0.5) is 0 Å². The number of ether oxygens (including phenoxy) is 1. The van der Waals surface area contributed by atoms with Gasteiger partial charge in [-0.1, -0.05) is 6.92 Å². The zero-order chi connectivity index (χ0) is 11.0. The number of hydrogen-bond donors (Lipinski definition) is 0. The Morgan fingerprint density at radius 3 is 2.43 bits per heavy atom. The van der Waals surface area contributed by atoms with Crippen LogP contribution in [-0.4, -0.2) is 37.2 Å². The van der Waals surface area contributed by atoms with E-state index in [-0.39, 0.29) is 5.60 Å². The molecule has 0 amide bonds. The highest BCUT2D eigenvalue weighted by molar-refractivity contribution is 4.78. The van der Waals surface area contributed by atoms with Crippen LogP contribution in [-0.2, 0) is 4.74 Å².